The molecule has 6 heteroatoms. The second kappa shape index (κ2) is 7.66. The first-order chi connectivity index (χ1) is 11.6. The van der Waals surface area contributed by atoms with Crippen LogP contribution in [0.2, 0.25) is 0 Å². The lowest BCUT2D eigenvalue weighted by Gasteiger charge is -2.31. The van der Waals surface area contributed by atoms with Gasteiger partial charge in [-0.25, -0.2) is 0 Å². The van der Waals surface area contributed by atoms with Gasteiger partial charge in [0.15, 0.2) is 0 Å². The van der Waals surface area contributed by atoms with Gasteiger partial charge < -0.3 is 14.4 Å². The van der Waals surface area contributed by atoms with E-state index < -0.39 is 6.10 Å². The van der Waals surface area contributed by atoms with E-state index in [1.54, 1.807) is 29.3 Å². The maximum atomic E-state index is 12.8. The minimum Gasteiger partial charge on any atom is -0.467 e. The fourth-order valence-electron chi connectivity index (χ4n) is 3.44. The average Bonchev–Trinajstić information content (AvgIpc) is 3.16. The summed E-state index contributed by atoms with van der Waals surface area (Å²) in [6, 6.07) is 3.61. The Balaban J connectivity index is 1.68. The van der Waals surface area contributed by atoms with Crippen LogP contribution in [0.1, 0.15) is 49.5 Å². The van der Waals surface area contributed by atoms with Crippen molar-refractivity contribution >= 4 is 5.91 Å². The highest BCUT2D eigenvalue weighted by molar-refractivity contribution is 5.79. The van der Waals surface area contributed by atoms with Crippen LogP contribution in [0.25, 0.3) is 0 Å². The molecule has 1 N–H and O–H groups in total. The van der Waals surface area contributed by atoms with Gasteiger partial charge in [0.1, 0.15) is 11.9 Å². The van der Waals surface area contributed by atoms with Crippen LogP contribution < -0.4 is 0 Å². The van der Waals surface area contributed by atoms with Crippen molar-refractivity contribution in [1.29, 1.82) is 0 Å². The van der Waals surface area contributed by atoms with Crippen molar-refractivity contribution in [3.05, 3.63) is 42.1 Å². The second-order valence-electron chi connectivity index (χ2n) is 6.56. The number of hydrogen-bond acceptors (Lipinski definition) is 4. The van der Waals surface area contributed by atoms with E-state index in [9.17, 15) is 9.90 Å². The Bertz CT molecular complexity index is 650. The third-order valence-electron chi connectivity index (χ3n) is 4.68. The first-order valence-corrected chi connectivity index (χ1v) is 8.62. The summed E-state index contributed by atoms with van der Waals surface area (Å²) in [5.74, 6) is 0.681. The molecule has 2 unspecified atom stereocenters. The van der Waals surface area contributed by atoms with Crippen LogP contribution in [-0.4, -0.2) is 38.3 Å². The molecule has 0 bridgehead atoms. The topological polar surface area (TPSA) is 71.5 Å². The standard InChI is InChI=1S/C18H25N3O3/c1-20-13-14(12-19-20)10-18(23)21-8-4-2-3-6-15(21)11-16(22)17-7-5-9-24-17/h5,7,9,12-13,15-16,22H,2-4,6,8,10-11H2,1H3. The van der Waals surface area contributed by atoms with E-state index in [2.05, 4.69) is 5.10 Å². The molecule has 3 heterocycles. The smallest absolute Gasteiger partial charge is 0.227 e. The maximum Gasteiger partial charge on any atom is 0.227 e. The predicted molar refractivity (Wildman–Crippen MR) is 89.2 cm³/mol. The summed E-state index contributed by atoms with van der Waals surface area (Å²) in [4.78, 5) is 14.7. The zero-order valence-corrected chi connectivity index (χ0v) is 14.1. The SMILES string of the molecule is Cn1cc(CC(=O)N2CCCCCC2CC(O)c2ccco2)cn1. The van der Waals surface area contributed by atoms with Crippen molar-refractivity contribution in [2.24, 2.45) is 7.05 Å². The van der Waals surface area contributed by atoms with Crippen LogP contribution >= 0.6 is 0 Å². The highest BCUT2D eigenvalue weighted by Gasteiger charge is 2.28. The number of aryl methyl sites for hydroxylation is 1. The average molecular weight is 331 g/mol. The molecule has 1 amide bonds. The minimum absolute atomic E-state index is 0.0526. The number of carbonyl (C=O) groups excluding carboxylic acids is 1. The van der Waals surface area contributed by atoms with Crippen LogP contribution in [0.3, 0.4) is 0 Å². The number of amides is 1. The molecule has 2 aromatic rings. The fraction of sp³-hybridized carbons (Fsp3) is 0.556. The molecule has 24 heavy (non-hydrogen) atoms. The summed E-state index contributed by atoms with van der Waals surface area (Å²) in [7, 11) is 1.85. The summed E-state index contributed by atoms with van der Waals surface area (Å²) in [5, 5.41) is 14.5. The summed E-state index contributed by atoms with van der Waals surface area (Å²) in [6.45, 7) is 0.759. The molecular weight excluding hydrogens is 306 g/mol. The molecule has 6 nitrogen and oxygen atoms in total. The summed E-state index contributed by atoms with van der Waals surface area (Å²) in [5.41, 5.74) is 0.928. The third-order valence-corrected chi connectivity index (χ3v) is 4.68. The van der Waals surface area contributed by atoms with Gasteiger partial charge in [0.05, 0.1) is 18.9 Å². The molecule has 1 aliphatic rings. The highest BCUT2D eigenvalue weighted by atomic mass is 16.4. The van der Waals surface area contributed by atoms with Gasteiger partial charge in [-0.3, -0.25) is 9.48 Å². The molecule has 2 atom stereocenters. The first kappa shape index (κ1) is 16.8. The van der Waals surface area contributed by atoms with Crippen molar-refractivity contribution in [2.45, 2.75) is 50.7 Å². The van der Waals surface area contributed by atoms with Crippen LogP contribution in [0.15, 0.2) is 35.2 Å². The number of likely N-dealkylation sites (tertiary alicyclic amines) is 1. The Labute approximate surface area is 142 Å². The molecule has 1 aliphatic heterocycles. The zero-order chi connectivity index (χ0) is 16.9. The Hall–Kier alpha value is -2.08. The van der Waals surface area contributed by atoms with Gasteiger partial charge in [0, 0.05) is 32.3 Å². The van der Waals surface area contributed by atoms with E-state index in [4.69, 9.17) is 4.42 Å². The number of aliphatic hydroxyl groups is 1. The number of rotatable bonds is 5. The molecule has 130 valence electrons. The molecule has 1 saturated heterocycles. The van der Waals surface area contributed by atoms with Crippen molar-refractivity contribution in [3.8, 4) is 0 Å². The molecule has 0 aliphatic carbocycles. The number of hydrogen-bond donors (Lipinski definition) is 1. The largest absolute Gasteiger partial charge is 0.467 e. The van der Waals surface area contributed by atoms with Gasteiger partial charge >= 0.3 is 0 Å². The third kappa shape index (κ3) is 4.06. The maximum absolute atomic E-state index is 12.8. The van der Waals surface area contributed by atoms with Crippen LogP contribution in [0.4, 0.5) is 0 Å². The van der Waals surface area contributed by atoms with E-state index in [1.807, 2.05) is 18.1 Å². The first-order valence-electron chi connectivity index (χ1n) is 8.62. The van der Waals surface area contributed by atoms with Gasteiger partial charge in [0.25, 0.3) is 0 Å². The number of aliphatic hydroxyl groups excluding tert-OH is 1. The lowest BCUT2D eigenvalue weighted by atomic mass is 10.0. The Morgan fingerprint density at radius 1 is 1.46 bits per heavy atom. The quantitative estimate of drug-likeness (QED) is 0.913. The predicted octanol–water partition coefficient (Wildman–Crippen LogP) is 2.45. The summed E-state index contributed by atoms with van der Waals surface area (Å²) >= 11 is 0. The monoisotopic (exact) mass is 331 g/mol. The number of carbonyl (C=O) groups is 1. The Kier molecular flexibility index (Phi) is 5.35. The molecular formula is C18H25N3O3. The van der Waals surface area contributed by atoms with Crippen LogP contribution in [-0.2, 0) is 18.3 Å². The Morgan fingerprint density at radius 2 is 2.33 bits per heavy atom. The summed E-state index contributed by atoms with van der Waals surface area (Å²) < 4.78 is 7.01. The number of furan rings is 1. The molecule has 2 aromatic heterocycles. The zero-order valence-electron chi connectivity index (χ0n) is 14.1. The van der Waals surface area contributed by atoms with E-state index in [-0.39, 0.29) is 11.9 Å². The Morgan fingerprint density at radius 3 is 3.04 bits per heavy atom. The van der Waals surface area contributed by atoms with Crippen LogP contribution in [0.5, 0.6) is 0 Å². The lowest BCUT2D eigenvalue weighted by molar-refractivity contribution is -0.133. The van der Waals surface area contributed by atoms with E-state index in [0.717, 1.165) is 37.8 Å². The molecule has 0 saturated carbocycles. The van der Waals surface area contributed by atoms with E-state index in [0.29, 0.717) is 18.6 Å². The van der Waals surface area contributed by atoms with Crippen molar-refractivity contribution in [3.63, 3.8) is 0 Å². The van der Waals surface area contributed by atoms with Gasteiger partial charge in [-0.2, -0.15) is 5.10 Å². The van der Waals surface area contributed by atoms with Gasteiger partial charge in [0.2, 0.25) is 5.91 Å². The molecule has 3 rings (SSSR count). The fourth-order valence-corrected chi connectivity index (χ4v) is 3.44. The van der Waals surface area contributed by atoms with E-state index in [1.165, 1.54) is 0 Å². The summed E-state index contributed by atoms with van der Waals surface area (Å²) in [6.07, 6.45) is 9.56. The molecule has 0 spiro atoms. The lowest BCUT2D eigenvalue weighted by Crippen LogP contribution is -2.41. The van der Waals surface area contributed by atoms with Gasteiger partial charge in [-0.05, 0) is 30.5 Å². The van der Waals surface area contributed by atoms with Crippen molar-refractivity contribution in [2.75, 3.05) is 6.54 Å². The van der Waals surface area contributed by atoms with Crippen LogP contribution in [0, 0.1) is 0 Å². The molecule has 0 radical (unpaired) electrons. The molecule has 0 aromatic carbocycles. The normalized spacial score (nSPS) is 19.9. The van der Waals surface area contributed by atoms with Crippen molar-refractivity contribution in [1.82, 2.24) is 14.7 Å². The second-order valence-corrected chi connectivity index (χ2v) is 6.56. The highest BCUT2D eigenvalue weighted by Crippen LogP contribution is 2.27. The molecule has 1 fully saturated rings. The van der Waals surface area contributed by atoms with Gasteiger partial charge in [-0.15, -0.1) is 0 Å². The van der Waals surface area contributed by atoms with E-state index >= 15 is 0 Å². The minimum atomic E-state index is -0.670. The number of nitrogens with zero attached hydrogens (tertiary/aromatic N) is 3. The van der Waals surface area contributed by atoms with Gasteiger partial charge in [-0.1, -0.05) is 12.8 Å². The number of aromatic nitrogens is 2. The van der Waals surface area contributed by atoms with Crippen molar-refractivity contribution < 1.29 is 14.3 Å².